The first-order chi connectivity index (χ1) is 9.95. The molecule has 1 N–H and O–H groups in total. The Kier molecular flexibility index (Phi) is 4.81. The number of carbonyl (C=O) groups is 1. The molecule has 0 heterocycles. The average Bonchev–Trinajstić information content (AvgIpc) is 2.41. The number of ether oxygens (including phenoxy) is 1. The fraction of sp³-hybridized carbons (Fsp3) is 0.188. The second-order valence-electron chi connectivity index (χ2n) is 4.67. The molecule has 0 aliphatic heterocycles. The molecule has 0 bridgehead atoms. The normalized spacial score (nSPS) is 11.8. The molecular formula is C16H15ClFNO2. The lowest BCUT2D eigenvalue weighted by molar-refractivity contribution is -0.122. The van der Waals surface area contributed by atoms with E-state index in [2.05, 4.69) is 5.32 Å². The Labute approximate surface area is 127 Å². The number of aryl methyl sites for hydroxylation is 1. The summed E-state index contributed by atoms with van der Waals surface area (Å²) in [6, 6.07) is 11.0. The summed E-state index contributed by atoms with van der Waals surface area (Å²) in [4.78, 5) is 12.1. The first-order valence-electron chi connectivity index (χ1n) is 6.45. The van der Waals surface area contributed by atoms with Crippen molar-refractivity contribution in [2.24, 2.45) is 0 Å². The predicted octanol–water partition coefficient (Wildman–Crippen LogP) is 4.19. The number of hydrogen-bond donors (Lipinski definition) is 1. The fourth-order valence-electron chi connectivity index (χ4n) is 1.80. The van der Waals surface area contributed by atoms with Crippen LogP contribution in [0, 0.1) is 12.7 Å². The summed E-state index contributed by atoms with van der Waals surface area (Å²) < 4.78 is 18.5. The Morgan fingerprint density at radius 1 is 1.29 bits per heavy atom. The van der Waals surface area contributed by atoms with E-state index in [1.165, 1.54) is 18.2 Å². The molecule has 5 heteroatoms. The summed E-state index contributed by atoms with van der Waals surface area (Å²) in [5, 5.41) is 3.25. The molecule has 3 nitrogen and oxygen atoms in total. The van der Waals surface area contributed by atoms with Gasteiger partial charge < -0.3 is 10.1 Å². The number of hydrogen-bond acceptors (Lipinski definition) is 2. The number of carbonyl (C=O) groups excluding carboxylic acids is 1. The summed E-state index contributed by atoms with van der Waals surface area (Å²) in [6.45, 7) is 3.36. The predicted molar refractivity (Wildman–Crippen MR) is 81.3 cm³/mol. The number of rotatable bonds is 4. The molecule has 21 heavy (non-hydrogen) atoms. The van der Waals surface area contributed by atoms with Crippen LogP contribution in [-0.2, 0) is 4.79 Å². The van der Waals surface area contributed by atoms with Crippen LogP contribution in [0.5, 0.6) is 5.75 Å². The SMILES string of the molecule is Cc1cc(F)ccc1NC(=O)[C@H](C)Oc1cccc(Cl)c1. The lowest BCUT2D eigenvalue weighted by atomic mass is 10.2. The number of halogens is 2. The van der Waals surface area contributed by atoms with E-state index in [0.717, 1.165) is 0 Å². The molecule has 0 aliphatic carbocycles. The van der Waals surface area contributed by atoms with Gasteiger partial charge in [-0.1, -0.05) is 17.7 Å². The molecule has 0 saturated heterocycles. The molecule has 0 aromatic heterocycles. The molecule has 1 amide bonds. The largest absolute Gasteiger partial charge is 0.481 e. The van der Waals surface area contributed by atoms with Crippen LogP contribution >= 0.6 is 11.6 Å². The van der Waals surface area contributed by atoms with Crippen molar-refractivity contribution in [2.75, 3.05) is 5.32 Å². The van der Waals surface area contributed by atoms with Gasteiger partial charge in [0.1, 0.15) is 11.6 Å². The number of anilines is 1. The van der Waals surface area contributed by atoms with E-state index in [1.807, 2.05) is 0 Å². The van der Waals surface area contributed by atoms with Gasteiger partial charge in [0.2, 0.25) is 0 Å². The van der Waals surface area contributed by atoms with Gasteiger partial charge in [-0.2, -0.15) is 0 Å². The number of benzene rings is 2. The zero-order valence-electron chi connectivity index (χ0n) is 11.7. The standard InChI is InChI=1S/C16H15ClFNO2/c1-10-8-13(18)6-7-15(10)19-16(20)11(2)21-14-5-3-4-12(17)9-14/h3-9,11H,1-2H3,(H,19,20)/t11-/m0/s1. The molecule has 0 spiro atoms. The van der Waals surface area contributed by atoms with Crippen LogP contribution in [0.4, 0.5) is 10.1 Å². The van der Waals surface area contributed by atoms with E-state index in [1.54, 1.807) is 38.1 Å². The lowest BCUT2D eigenvalue weighted by Crippen LogP contribution is -2.30. The van der Waals surface area contributed by atoms with Crippen LogP contribution in [0.2, 0.25) is 5.02 Å². The Morgan fingerprint density at radius 3 is 2.71 bits per heavy atom. The van der Waals surface area contributed by atoms with Gasteiger partial charge in [0.25, 0.3) is 5.91 Å². The van der Waals surface area contributed by atoms with E-state index in [-0.39, 0.29) is 11.7 Å². The summed E-state index contributed by atoms with van der Waals surface area (Å²) in [7, 11) is 0. The third-order valence-electron chi connectivity index (χ3n) is 2.92. The third-order valence-corrected chi connectivity index (χ3v) is 3.16. The average molecular weight is 308 g/mol. The van der Waals surface area contributed by atoms with E-state index >= 15 is 0 Å². The Morgan fingerprint density at radius 2 is 2.05 bits per heavy atom. The monoisotopic (exact) mass is 307 g/mol. The van der Waals surface area contributed by atoms with Crippen LogP contribution in [-0.4, -0.2) is 12.0 Å². The zero-order chi connectivity index (χ0) is 15.4. The maximum absolute atomic E-state index is 13.0. The van der Waals surface area contributed by atoms with E-state index in [0.29, 0.717) is 22.0 Å². The lowest BCUT2D eigenvalue weighted by Gasteiger charge is -2.16. The molecule has 0 fully saturated rings. The summed E-state index contributed by atoms with van der Waals surface area (Å²) in [5.41, 5.74) is 1.21. The molecule has 110 valence electrons. The molecule has 1 atom stereocenters. The smallest absolute Gasteiger partial charge is 0.265 e. The maximum Gasteiger partial charge on any atom is 0.265 e. The molecular weight excluding hydrogens is 293 g/mol. The van der Waals surface area contributed by atoms with Gasteiger partial charge in [-0.05, 0) is 55.8 Å². The summed E-state index contributed by atoms with van der Waals surface area (Å²) >= 11 is 5.86. The number of nitrogens with one attached hydrogen (secondary N) is 1. The Bertz CT molecular complexity index is 660. The van der Waals surface area contributed by atoms with Gasteiger partial charge in [0, 0.05) is 10.7 Å². The van der Waals surface area contributed by atoms with Crippen LogP contribution in [0.1, 0.15) is 12.5 Å². The molecule has 0 aliphatic rings. The fourth-order valence-corrected chi connectivity index (χ4v) is 1.98. The van der Waals surface area contributed by atoms with E-state index in [9.17, 15) is 9.18 Å². The first kappa shape index (κ1) is 15.3. The van der Waals surface area contributed by atoms with Crippen molar-refractivity contribution in [1.82, 2.24) is 0 Å². The third kappa shape index (κ3) is 4.20. The molecule has 2 aromatic carbocycles. The minimum atomic E-state index is -0.701. The zero-order valence-corrected chi connectivity index (χ0v) is 12.4. The highest BCUT2D eigenvalue weighted by molar-refractivity contribution is 6.30. The van der Waals surface area contributed by atoms with Crippen LogP contribution in [0.15, 0.2) is 42.5 Å². The molecule has 2 aromatic rings. The van der Waals surface area contributed by atoms with Gasteiger partial charge >= 0.3 is 0 Å². The van der Waals surface area contributed by atoms with Gasteiger partial charge in [0.05, 0.1) is 0 Å². The van der Waals surface area contributed by atoms with Crippen molar-refractivity contribution in [3.05, 3.63) is 58.9 Å². The second kappa shape index (κ2) is 6.59. The topological polar surface area (TPSA) is 38.3 Å². The van der Waals surface area contributed by atoms with Crippen molar-refractivity contribution >= 4 is 23.2 Å². The van der Waals surface area contributed by atoms with Crippen LogP contribution in [0.3, 0.4) is 0 Å². The van der Waals surface area contributed by atoms with E-state index < -0.39 is 6.10 Å². The molecule has 0 radical (unpaired) electrons. The minimum Gasteiger partial charge on any atom is -0.481 e. The van der Waals surface area contributed by atoms with Gasteiger partial charge in [0.15, 0.2) is 6.10 Å². The van der Waals surface area contributed by atoms with Gasteiger partial charge in [-0.15, -0.1) is 0 Å². The van der Waals surface area contributed by atoms with Gasteiger partial charge in [-0.25, -0.2) is 4.39 Å². The minimum absolute atomic E-state index is 0.315. The highest BCUT2D eigenvalue weighted by atomic mass is 35.5. The highest BCUT2D eigenvalue weighted by Crippen LogP contribution is 2.20. The van der Waals surface area contributed by atoms with Crippen molar-refractivity contribution < 1.29 is 13.9 Å². The summed E-state index contributed by atoms with van der Waals surface area (Å²) in [5.74, 6) is -0.139. The van der Waals surface area contributed by atoms with E-state index in [4.69, 9.17) is 16.3 Å². The summed E-state index contributed by atoms with van der Waals surface area (Å²) in [6.07, 6.45) is -0.701. The molecule has 0 saturated carbocycles. The number of amides is 1. The van der Waals surface area contributed by atoms with Crippen molar-refractivity contribution in [3.8, 4) is 5.75 Å². The van der Waals surface area contributed by atoms with Crippen molar-refractivity contribution in [1.29, 1.82) is 0 Å². The highest BCUT2D eigenvalue weighted by Gasteiger charge is 2.16. The van der Waals surface area contributed by atoms with Crippen LogP contribution < -0.4 is 10.1 Å². The van der Waals surface area contributed by atoms with Crippen molar-refractivity contribution in [2.45, 2.75) is 20.0 Å². The van der Waals surface area contributed by atoms with Gasteiger partial charge in [-0.3, -0.25) is 4.79 Å². The quantitative estimate of drug-likeness (QED) is 0.919. The molecule has 2 rings (SSSR count). The second-order valence-corrected chi connectivity index (χ2v) is 5.10. The molecule has 0 unspecified atom stereocenters. The Hall–Kier alpha value is -2.07. The first-order valence-corrected chi connectivity index (χ1v) is 6.83. The van der Waals surface area contributed by atoms with Crippen molar-refractivity contribution in [3.63, 3.8) is 0 Å². The van der Waals surface area contributed by atoms with Crippen LogP contribution in [0.25, 0.3) is 0 Å². The maximum atomic E-state index is 13.0. The Balaban J connectivity index is 2.02.